The molecule has 108 valence electrons. The second-order valence-electron chi connectivity index (χ2n) is 5.28. The van der Waals surface area contributed by atoms with Crippen molar-refractivity contribution in [3.63, 3.8) is 0 Å². The molecule has 1 aromatic rings. The van der Waals surface area contributed by atoms with Gasteiger partial charge in [0.2, 0.25) is 0 Å². The second-order valence-corrected chi connectivity index (χ2v) is 5.28. The predicted molar refractivity (Wildman–Crippen MR) is 77.4 cm³/mol. The average molecular weight is 277 g/mol. The smallest absolute Gasteiger partial charge is 0.293 e. The molecule has 1 fully saturated rings. The Labute approximate surface area is 118 Å². The van der Waals surface area contributed by atoms with Crippen molar-refractivity contribution in [3.8, 4) is 0 Å². The quantitative estimate of drug-likeness (QED) is 0.480. The van der Waals surface area contributed by atoms with Crippen molar-refractivity contribution in [1.29, 1.82) is 0 Å². The van der Waals surface area contributed by atoms with E-state index in [4.69, 9.17) is 0 Å². The summed E-state index contributed by atoms with van der Waals surface area (Å²) in [5.74, 6) is 0. The summed E-state index contributed by atoms with van der Waals surface area (Å²) in [4.78, 5) is 25.9. The lowest BCUT2D eigenvalue weighted by Gasteiger charge is -2.29. The molecule has 0 aromatic heterocycles. The first-order chi connectivity index (χ1) is 9.52. The molecule has 1 atom stereocenters. The van der Waals surface area contributed by atoms with Crippen molar-refractivity contribution >= 4 is 17.7 Å². The van der Waals surface area contributed by atoms with Gasteiger partial charge in [-0.15, -0.1) is 0 Å². The summed E-state index contributed by atoms with van der Waals surface area (Å²) in [7, 11) is 2.06. The van der Waals surface area contributed by atoms with E-state index in [1.807, 2.05) is 0 Å². The highest BCUT2D eigenvalue weighted by atomic mass is 16.6. The Hall–Kier alpha value is -1.95. The van der Waals surface area contributed by atoms with Crippen LogP contribution in [0.2, 0.25) is 0 Å². The summed E-state index contributed by atoms with van der Waals surface area (Å²) in [6.07, 6.45) is 1.60. The Bertz CT molecular complexity index is 518. The molecule has 1 aliphatic rings. The number of aldehydes is 1. The van der Waals surface area contributed by atoms with E-state index in [1.165, 1.54) is 6.07 Å². The number of carbonyl (C=O) groups excluding carboxylic acids is 1. The Balaban J connectivity index is 2.40. The summed E-state index contributed by atoms with van der Waals surface area (Å²) < 4.78 is 0. The van der Waals surface area contributed by atoms with Gasteiger partial charge in [-0.25, -0.2) is 0 Å². The summed E-state index contributed by atoms with van der Waals surface area (Å²) in [5, 5.41) is 11.2. The molecule has 1 aromatic carbocycles. The van der Waals surface area contributed by atoms with Crippen LogP contribution in [-0.4, -0.2) is 48.8 Å². The van der Waals surface area contributed by atoms with Crippen LogP contribution in [0.3, 0.4) is 0 Å². The average Bonchev–Trinajstić information content (AvgIpc) is 2.58. The fourth-order valence-corrected chi connectivity index (χ4v) is 2.73. The topological polar surface area (TPSA) is 66.7 Å². The largest absolute Gasteiger partial charge is 0.362 e. The third kappa shape index (κ3) is 2.96. The Kier molecular flexibility index (Phi) is 4.34. The van der Waals surface area contributed by atoms with Crippen LogP contribution in [0.15, 0.2) is 18.2 Å². The summed E-state index contributed by atoms with van der Waals surface area (Å²) >= 11 is 0. The molecule has 1 saturated heterocycles. The van der Waals surface area contributed by atoms with Crippen molar-refractivity contribution in [2.24, 2.45) is 0 Å². The van der Waals surface area contributed by atoms with E-state index in [-0.39, 0.29) is 11.7 Å². The molecule has 6 heteroatoms. The number of carbonyl (C=O) groups is 1. The van der Waals surface area contributed by atoms with Crippen molar-refractivity contribution in [2.45, 2.75) is 19.4 Å². The van der Waals surface area contributed by atoms with Crippen molar-refractivity contribution in [1.82, 2.24) is 4.90 Å². The van der Waals surface area contributed by atoms with E-state index in [0.29, 0.717) is 17.5 Å². The number of anilines is 1. The predicted octanol–water partition coefficient (Wildman–Crippen LogP) is 1.94. The molecule has 0 amide bonds. The van der Waals surface area contributed by atoms with Crippen LogP contribution in [0.1, 0.15) is 23.7 Å². The van der Waals surface area contributed by atoms with Gasteiger partial charge in [0.05, 0.1) is 4.92 Å². The number of benzene rings is 1. The Morgan fingerprint density at radius 3 is 2.80 bits per heavy atom. The number of nitrogens with zero attached hydrogens (tertiary/aromatic N) is 3. The number of nitro benzene ring substituents is 1. The molecule has 1 aliphatic heterocycles. The minimum absolute atomic E-state index is 0.00556. The van der Waals surface area contributed by atoms with Gasteiger partial charge in [0, 0.05) is 30.8 Å². The molecule has 6 nitrogen and oxygen atoms in total. The minimum Gasteiger partial charge on any atom is -0.362 e. The SMILES string of the molecule is CC1CN(C)CCCN1c1ccc(C=O)cc1[N+](=O)[O-]. The van der Waals surface area contributed by atoms with Crippen molar-refractivity contribution in [3.05, 3.63) is 33.9 Å². The number of likely N-dealkylation sites (N-methyl/N-ethyl adjacent to an activating group) is 1. The maximum Gasteiger partial charge on any atom is 0.293 e. The molecule has 0 bridgehead atoms. The number of nitro groups is 1. The van der Waals surface area contributed by atoms with Crippen LogP contribution < -0.4 is 4.90 Å². The molecule has 2 rings (SSSR count). The molecule has 1 unspecified atom stereocenters. The van der Waals surface area contributed by atoms with E-state index in [9.17, 15) is 14.9 Å². The maximum absolute atomic E-state index is 11.2. The zero-order chi connectivity index (χ0) is 14.7. The molecular formula is C14H19N3O3. The zero-order valence-corrected chi connectivity index (χ0v) is 11.8. The standard InChI is InChI=1S/C14H19N3O3/c1-11-9-15(2)6-3-7-16(11)13-5-4-12(10-18)8-14(13)17(19)20/h4-5,8,10-11H,3,6-7,9H2,1-2H3. The van der Waals surface area contributed by atoms with Crippen LogP contribution in [-0.2, 0) is 0 Å². The molecule has 0 saturated carbocycles. The van der Waals surface area contributed by atoms with Crippen LogP contribution >= 0.6 is 0 Å². The van der Waals surface area contributed by atoms with E-state index >= 15 is 0 Å². The Morgan fingerprint density at radius 2 is 2.15 bits per heavy atom. The van der Waals surface area contributed by atoms with Crippen LogP contribution in [0.25, 0.3) is 0 Å². The first-order valence-electron chi connectivity index (χ1n) is 6.71. The molecule has 20 heavy (non-hydrogen) atoms. The molecule has 0 radical (unpaired) electrons. The van der Waals surface area contributed by atoms with Gasteiger partial charge in [0.25, 0.3) is 5.69 Å². The van der Waals surface area contributed by atoms with E-state index in [0.717, 1.165) is 26.1 Å². The molecule has 0 aliphatic carbocycles. The fraction of sp³-hybridized carbons (Fsp3) is 0.500. The second kappa shape index (κ2) is 6.00. The minimum atomic E-state index is -0.413. The first-order valence-corrected chi connectivity index (χ1v) is 6.71. The van der Waals surface area contributed by atoms with Crippen LogP contribution in [0.4, 0.5) is 11.4 Å². The highest BCUT2D eigenvalue weighted by Gasteiger charge is 2.26. The fourth-order valence-electron chi connectivity index (χ4n) is 2.73. The molecular weight excluding hydrogens is 258 g/mol. The van der Waals surface area contributed by atoms with Gasteiger partial charge in [-0.05, 0) is 39.1 Å². The summed E-state index contributed by atoms with van der Waals surface area (Å²) in [6.45, 7) is 4.71. The summed E-state index contributed by atoms with van der Waals surface area (Å²) in [6, 6.07) is 4.87. The Morgan fingerprint density at radius 1 is 1.40 bits per heavy atom. The van der Waals surface area contributed by atoms with E-state index in [1.54, 1.807) is 12.1 Å². The van der Waals surface area contributed by atoms with Gasteiger partial charge in [-0.1, -0.05) is 0 Å². The normalized spacial score (nSPS) is 20.5. The molecule has 0 N–H and O–H groups in total. The van der Waals surface area contributed by atoms with Gasteiger partial charge in [0.15, 0.2) is 0 Å². The number of hydrogen-bond acceptors (Lipinski definition) is 5. The molecule has 1 heterocycles. The third-order valence-corrected chi connectivity index (χ3v) is 3.69. The highest BCUT2D eigenvalue weighted by molar-refractivity contribution is 5.79. The monoisotopic (exact) mass is 277 g/mol. The van der Waals surface area contributed by atoms with Gasteiger partial charge < -0.3 is 9.80 Å². The lowest BCUT2D eigenvalue weighted by Crippen LogP contribution is -2.38. The van der Waals surface area contributed by atoms with Gasteiger partial charge in [0.1, 0.15) is 12.0 Å². The van der Waals surface area contributed by atoms with Crippen LogP contribution in [0.5, 0.6) is 0 Å². The molecule has 0 spiro atoms. The third-order valence-electron chi connectivity index (χ3n) is 3.69. The van der Waals surface area contributed by atoms with E-state index < -0.39 is 4.92 Å². The zero-order valence-electron chi connectivity index (χ0n) is 11.8. The summed E-state index contributed by atoms with van der Waals surface area (Å²) in [5.41, 5.74) is 0.939. The van der Waals surface area contributed by atoms with Gasteiger partial charge >= 0.3 is 0 Å². The number of rotatable bonds is 3. The van der Waals surface area contributed by atoms with E-state index in [2.05, 4.69) is 23.8 Å². The highest BCUT2D eigenvalue weighted by Crippen LogP contribution is 2.31. The first kappa shape index (κ1) is 14.5. The van der Waals surface area contributed by atoms with Gasteiger partial charge in [-0.3, -0.25) is 14.9 Å². The van der Waals surface area contributed by atoms with Crippen molar-refractivity contribution in [2.75, 3.05) is 31.6 Å². The lowest BCUT2D eigenvalue weighted by atomic mass is 10.1. The van der Waals surface area contributed by atoms with Gasteiger partial charge in [-0.2, -0.15) is 0 Å². The lowest BCUT2D eigenvalue weighted by molar-refractivity contribution is -0.384. The van der Waals surface area contributed by atoms with Crippen LogP contribution in [0, 0.1) is 10.1 Å². The van der Waals surface area contributed by atoms with Crippen molar-refractivity contribution < 1.29 is 9.72 Å². The number of hydrogen-bond donors (Lipinski definition) is 0. The maximum atomic E-state index is 11.2.